The Morgan fingerprint density at radius 3 is 2.24 bits per heavy atom. The summed E-state index contributed by atoms with van der Waals surface area (Å²) in [6, 6.07) is 17.5. The van der Waals surface area contributed by atoms with E-state index >= 15 is 0 Å². The Balaban J connectivity index is 2.23. The van der Waals surface area contributed by atoms with Gasteiger partial charge in [0, 0.05) is 16.0 Å². The van der Waals surface area contributed by atoms with Gasteiger partial charge in [0.2, 0.25) is 5.91 Å². The zero-order valence-corrected chi connectivity index (χ0v) is 13.6. The van der Waals surface area contributed by atoms with Crippen LogP contribution in [-0.4, -0.2) is 11.9 Å². The molecule has 2 nitrogen and oxygen atoms in total. The van der Waals surface area contributed by atoms with Gasteiger partial charge in [-0.1, -0.05) is 41.9 Å². The number of amides is 1. The van der Waals surface area contributed by atoms with E-state index in [1.807, 2.05) is 68.4 Å². The van der Waals surface area contributed by atoms with Crippen LogP contribution in [0.5, 0.6) is 0 Å². The molecule has 0 radical (unpaired) electrons. The van der Waals surface area contributed by atoms with Gasteiger partial charge in [-0.25, -0.2) is 0 Å². The van der Waals surface area contributed by atoms with Crippen LogP contribution in [0.4, 0.5) is 0 Å². The number of nitrogens with one attached hydrogen (secondary N) is 1. The highest BCUT2D eigenvalue weighted by Gasteiger charge is 2.22. The number of hydrogen-bond donors (Lipinski definition) is 1. The zero-order chi connectivity index (χ0) is 15.2. The smallest absolute Gasteiger partial charge is 0.238 e. The molecule has 21 heavy (non-hydrogen) atoms. The van der Waals surface area contributed by atoms with Gasteiger partial charge in [-0.15, -0.1) is 11.8 Å². The summed E-state index contributed by atoms with van der Waals surface area (Å²) in [5.41, 5.74) is 0.996. The third-order valence-corrected chi connectivity index (χ3v) is 4.36. The third kappa shape index (κ3) is 4.80. The van der Waals surface area contributed by atoms with Crippen LogP contribution in [0.3, 0.4) is 0 Å². The van der Waals surface area contributed by atoms with Gasteiger partial charge in [0.05, 0.1) is 0 Å². The number of thioether (sulfide) groups is 1. The topological polar surface area (TPSA) is 29.1 Å². The molecule has 1 unspecified atom stereocenters. The molecule has 2 rings (SSSR count). The fraction of sp³-hybridized carbons (Fsp3) is 0.235. The predicted molar refractivity (Wildman–Crippen MR) is 89.8 cm³/mol. The van der Waals surface area contributed by atoms with Crippen LogP contribution >= 0.6 is 23.4 Å². The van der Waals surface area contributed by atoms with E-state index in [0.717, 1.165) is 10.5 Å². The minimum Gasteiger partial charge on any atom is -0.353 e. The van der Waals surface area contributed by atoms with Gasteiger partial charge in [-0.2, -0.15) is 0 Å². The first-order valence-corrected chi connectivity index (χ1v) is 8.09. The number of carbonyl (C=O) groups is 1. The molecule has 0 aliphatic rings. The third-order valence-electron chi connectivity index (χ3n) is 2.84. The van der Waals surface area contributed by atoms with Crippen molar-refractivity contribution < 1.29 is 4.79 Å². The minimum atomic E-state index is -0.269. The van der Waals surface area contributed by atoms with Crippen LogP contribution in [0, 0.1) is 0 Å². The first kappa shape index (κ1) is 15.9. The zero-order valence-electron chi connectivity index (χ0n) is 12.0. The Hall–Kier alpha value is -1.45. The number of rotatable bonds is 5. The highest BCUT2D eigenvalue weighted by atomic mass is 35.5. The molecule has 0 fully saturated rings. The van der Waals surface area contributed by atoms with E-state index in [2.05, 4.69) is 5.32 Å². The van der Waals surface area contributed by atoms with Crippen molar-refractivity contribution in [2.75, 3.05) is 0 Å². The first-order valence-electron chi connectivity index (χ1n) is 6.84. The Labute approximate surface area is 134 Å². The Bertz CT molecular complexity index is 583. The standard InChI is InChI=1S/C17H18ClNOS/c1-12(2)19-17(20)16(13-6-4-3-5-7-13)21-15-10-8-14(18)9-11-15/h3-12,16H,1-2H3,(H,19,20). The summed E-state index contributed by atoms with van der Waals surface area (Å²) >= 11 is 7.44. The normalized spacial score (nSPS) is 12.2. The molecule has 0 saturated heterocycles. The van der Waals surface area contributed by atoms with Gasteiger partial charge < -0.3 is 5.32 Å². The van der Waals surface area contributed by atoms with E-state index in [-0.39, 0.29) is 17.2 Å². The van der Waals surface area contributed by atoms with E-state index in [1.165, 1.54) is 11.8 Å². The molecule has 0 spiro atoms. The van der Waals surface area contributed by atoms with Crippen LogP contribution < -0.4 is 5.32 Å². The highest BCUT2D eigenvalue weighted by molar-refractivity contribution is 8.00. The molecule has 0 bridgehead atoms. The Kier molecular flexibility index (Phi) is 5.71. The summed E-state index contributed by atoms with van der Waals surface area (Å²) in [5.74, 6) is 0.0242. The summed E-state index contributed by atoms with van der Waals surface area (Å²) in [5, 5.41) is 3.41. The lowest BCUT2D eigenvalue weighted by atomic mass is 10.1. The van der Waals surface area contributed by atoms with Gasteiger partial charge in [0.25, 0.3) is 0 Å². The van der Waals surface area contributed by atoms with Crippen LogP contribution in [0.25, 0.3) is 0 Å². The fourth-order valence-electron chi connectivity index (χ4n) is 1.91. The second-order valence-electron chi connectivity index (χ2n) is 5.03. The van der Waals surface area contributed by atoms with Gasteiger partial charge in [-0.05, 0) is 43.7 Å². The van der Waals surface area contributed by atoms with Crippen LogP contribution in [0.1, 0.15) is 24.7 Å². The van der Waals surface area contributed by atoms with E-state index in [0.29, 0.717) is 5.02 Å². The number of carbonyl (C=O) groups excluding carboxylic acids is 1. The molecule has 1 amide bonds. The SMILES string of the molecule is CC(C)NC(=O)C(Sc1ccc(Cl)cc1)c1ccccc1. The average molecular weight is 320 g/mol. The number of hydrogen-bond acceptors (Lipinski definition) is 2. The molecule has 110 valence electrons. The van der Waals surface area contributed by atoms with E-state index < -0.39 is 0 Å². The van der Waals surface area contributed by atoms with E-state index in [1.54, 1.807) is 0 Å². The lowest BCUT2D eigenvalue weighted by Gasteiger charge is -2.18. The van der Waals surface area contributed by atoms with Crippen molar-refractivity contribution in [3.05, 3.63) is 65.2 Å². The monoisotopic (exact) mass is 319 g/mol. The van der Waals surface area contributed by atoms with Crippen molar-refractivity contribution in [2.45, 2.75) is 30.0 Å². The summed E-state index contributed by atoms with van der Waals surface area (Å²) in [6.45, 7) is 3.93. The van der Waals surface area contributed by atoms with Crippen LogP contribution in [0.2, 0.25) is 5.02 Å². The summed E-state index contributed by atoms with van der Waals surface area (Å²) < 4.78 is 0. The second kappa shape index (κ2) is 7.53. The molecule has 0 aliphatic heterocycles. The molecule has 1 atom stereocenters. The fourth-order valence-corrected chi connectivity index (χ4v) is 3.07. The van der Waals surface area contributed by atoms with Crippen molar-refractivity contribution in [3.63, 3.8) is 0 Å². The quantitative estimate of drug-likeness (QED) is 0.809. The maximum atomic E-state index is 12.5. The first-order chi connectivity index (χ1) is 10.1. The van der Waals surface area contributed by atoms with Gasteiger partial charge >= 0.3 is 0 Å². The van der Waals surface area contributed by atoms with Gasteiger partial charge in [0.15, 0.2) is 0 Å². The van der Waals surface area contributed by atoms with Crippen LogP contribution in [-0.2, 0) is 4.79 Å². The van der Waals surface area contributed by atoms with Crippen molar-refractivity contribution in [1.82, 2.24) is 5.32 Å². The molecule has 0 heterocycles. The van der Waals surface area contributed by atoms with Gasteiger partial charge in [0.1, 0.15) is 5.25 Å². The summed E-state index contributed by atoms with van der Waals surface area (Å²) in [7, 11) is 0. The molecular formula is C17H18ClNOS. The predicted octanol–water partition coefficient (Wildman–Crippen LogP) is 4.70. The number of halogens is 1. The molecular weight excluding hydrogens is 302 g/mol. The molecule has 1 N–H and O–H groups in total. The molecule has 2 aromatic carbocycles. The van der Waals surface area contributed by atoms with Crippen molar-refractivity contribution in [2.24, 2.45) is 0 Å². The molecule has 0 saturated carbocycles. The number of benzene rings is 2. The summed E-state index contributed by atoms with van der Waals surface area (Å²) in [4.78, 5) is 13.5. The van der Waals surface area contributed by atoms with E-state index in [4.69, 9.17) is 11.6 Å². The Morgan fingerprint density at radius 1 is 1.05 bits per heavy atom. The maximum Gasteiger partial charge on any atom is 0.238 e. The van der Waals surface area contributed by atoms with Crippen LogP contribution in [0.15, 0.2) is 59.5 Å². The van der Waals surface area contributed by atoms with Crippen molar-refractivity contribution >= 4 is 29.3 Å². The minimum absolute atomic E-state index is 0.0242. The Morgan fingerprint density at radius 2 is 1.67 bits per heavy atom. The largest absolute Gasteiger partial charge is 0.353 e. The van der Waals surface area contributed by atoms with Crippen molar-refractivity contribution in [1.29, 1.82) is 0 Å². The molecule has 4 heteroatoms. The van der Waals surface area contributed by atoms with E-state index in [9.17, 15) is 4.79 Å². The van der Waals surface area contributed by atoms with Gasteiger partial charge in [-0.3, -0.25) is 4.79 Å². The highest BCUT2D eigenvalue weighted by Crippen LogP contribution is 2.35. The average Bonchev–Trinajstić information content (AvgIpc) is 2.46. The summed E-state index contributed by atoms with van der Waals surface area (Å²) in [6.07, 6.45) is 0. The second-order valence-corrected chi connectivity index (χ2v) is 6.64. The maximum absolute atomic E-state index is 12.5. The lowest BCUT2D eigenvalue weighted by Crippen LogP contribution is -2.33. The molecule has 2 aromatic rings. The lowest BCUT2D eigenvalue weighted by molar-refractivity contribution is -0.121. The van der Waals surface area contributed by atoms with Crippen molar-refractivity contribution in [3.8, 4) is 0 Å². The molecule has 0 aromatic heterocycles. The molecule has 0 aliphatic carbocycles.